The molecular formula is C23H33N3O3. The second-order valence-electron chi connectivity index (χ2n) is 7.95. The summed E-state index contributed by atoms with van der Waals surface area (Å²) in [6.07, 6.45) is 2.96. The lowest BCUT2D eigenvalue weighted by molar-refractivity contribution is -0.132. The third-order valence-corrected chi connectivity index (χ3v) is 6.03. The van der Waals surface area contributed by atoms with Crippen LogP contribution in [0.3, 0.4) is 0 Å². The summed E-state index contributed by atoms with van der Waals surface area (Å²) in [7, 11) is 0. The minimum Gasteiger partial charge on any atom is -0.464 e. The fourth-order valence-corrected chi connectivity index (χ4v) is 3.99. The zero-order valence-corrected chi connectivity index (χ0v) is 18.2. The van der Waals surface area contributed by atoms with E-state index in [1.54, 1.807) is 6.26 Å². The molecule has 1 saturated heterocycles. The monoisotopic (exact) mass is 399 g/mol. The van der Waals surface area contributed by atoms with Crippen LogP contribution in [0.25, 0.3) is 11.0 Å². The molecule has 2 aromatic rings. The maximum atomic E-state index is 12.9. The average Bonchev–Trinajstić information content (AvgIpc) is 2.91. The fourth-order valence-electron chi connectivity index (χ4n) is 3.99. The molecule has 2 heterocycles. The van der Waals surface area contributed by atoms with Gasteiger partial charge in [0.15, 0.2) is 0 Å². The van der Waals surface area contributed by atoms with Gasteiger partial charge in [-0.25, -0.2) is 0 Å². The first kappa shape index (κ1) is 21.4. The number of likely N-dealkylation sites (N-methyl/N-ethyl adjacent to an activating group) is 1. The number of benzene rings is 1. The van der Waals surface area contributed by atoms with E-state index in [2.05, 4.69) is 24.8 Å². The molecule has 1 fully saturated rings. The highest BCUT2D eigenvalue weighted by molar-refractivity contribution is 5.88. The molecule has 1 aliphatic heterocycles. The Labute approximate surface area is 173 Å². The Bertz CT molecular complexity index is 870. The molecular weight excluding hydrogens is 366 g/mol. The molecule has 1 aromatic carbocycles. The van der Waals surface area contributed by atoms with Gasteiger partial charge < -0.3 is 14.2 Å². The van der Waals surface area contributed by atoms with Crippen LogP contribution in [0.15, 0.2) is 22.8 Å². The Morgan fingerprint density at radius 2 is 1.76 bits per heavy atom. The van der Waals surface area contributed by atoms with Crippen molar-refractivity contribution >= 4 is 22.8 Å². The molecule has 2 amide bonds. The van der Waals surface area contributed by atoms with Crippen molar-refractivity contribution in [1.29, 1.82) is 0 Å². The number of hydrogen-bond donors (Lipinski definition) is 0. The number of furan rings is 1. The Balaban J connectivity index is 1.60. The first-order chi connectivity index (χ1) is 13.9. The van der Waals surface area contributed by atoms with Gasteiger partial charge >= 0.3 is 0 Å². The van der Waals surface area contributed by atoms with Gasteiger partial charge in [0, 0.05) is 50.2 Å². The molecule has 0 bridgehead atoms. The summed E-state index contributed by atoms with van der Waals surface area (Å²) in [5.74, 6) is 0.299. The number of amides is 2. The molecule has 0 N–H and O–H groups in total. The number of rotatable bonds is 6. The van der Waals surface area contributed by atoms with E-state index in [0.717, 1.165) is 55.7 Å². The van der Waals surface area contributed by atoms with Crippen molar-refractivity contribution in [2.24, 2.45) is 0 Å². The summed E-state index contributed by atoms with van der Waals surface area (Å²) in [5, 5.41) is 1.03. The lowest BCUT2D eigenvalue weighted by Gasteiger charge is -2.25. The smallest absolute Gasteiger partial charge is 0.236 e. The molecule has 6 nitrogen and oxygen atoms in total. The standard InChI is InChI=1S/C23H33N3O3/c1-5-25(6-2)23(28)15-24-8-7-9-26(11-10-24)22(27)14-19-16-29-21-13-18(4)17(3)12-20(19)21/h12-13,16H,5-11,14-15H2,1-4H3. The lowest BCUT2D eigenvalue weighted by atomic mass is 10.0. The van der Waals surface area contributed by atoms with Crippen LogP contribution in [0.2, 0.25) is 0 Å². The van der Waals surface area contributed by atoms with Gasteiger partial charge in [0.05, 0.1) is 19.2 Å². The summed E-state index contributed by atoms with van der Waals surface area (Å²) in [5.41, 5.74) is 4.19. The normalized spacial score (nSPS) is 15.5. The van der Waals surface area contributed by atoms with Crippen molar-refractivity contribution < 1.29 is 14.0 Å². The molecule has 29 heavy (non-hydrogen) atoms. The van der Waals surface area contributed by atoms with Crippen LogP contribution in [-0.4, -0.2) is 72.3 Å². The van der Waals surface area contributed by atoms with Gasteiger partial charge in [-0.15, -0.1) is 0 Å². The molecule has 0 aliphatic carbocycles. The number of fused-ring (bicyclic) bond motifs is 1. The summed E-state index contributed by atoms with van der Waals surface area (Å²) in [6.45, 7) is 13.1. The van der Waals surface area contributed by atoms with Crippen molar-refractivity contribution in [3.8, 4) is 0 Å². The first-order valence-electron chi connectivity index (χ1n) is 10.7. The Morgan fingerprint density at radius 3 is 2.48 bits per heavy atom. The van der Waals surface area contributed by atoms with E-state index in [1.165, 1.54) is 11.1 Å². The van der Waals surface area contributed by atoms with Crippen LogP contribution in [0, 0.1) is 13.8 Å². The molecule has 0 radical (unpaired) electrons. The molecule has 0 spiro atoms. The number of hydrogen-bond acceptors (Lipinski definition) is 4. The van der Waals surface area contributed by atoms with Gasteiger partial charge in [-0.1, -0.05) is 0 Å². The topological polar surface area (TPSA) is 57.0 Å². The zero-order chi connectivity index (χ0) is 21.0. The number of carbonyl (C=O) groups is 2. The van der Waals surface area contributed by atoms with Crippen molar-refractivity contribution in [1.82, 2.24) is 14.7 Å². The van der Waals surface area contributed by atoms with Gasteiger partial charge in [-0.05, 0) is 57.4 Å². The van der Waals surface area contributed by atoms with E-state index in [4.69, 9.17) is 4.42 Å². The van der Waals surface area contributed by atoms with Crippen LogP contribution in [0.1, 0.15) is 37.0 Å². The quantitative estimate of drug-likeness (QED) is 0.749. The predicted molar refractivity (Wildman–Crippen MR) is 115 cm³/mol. The molecule has 1 aliphatic rings. The highest BCUT2D eigenvalue weighted by Gasteiger charge is 2.23. The van der Waals surface area contributed by atoms with Gasteiger partial charge in [0.1, 0.15) is 5.58 Å². The second-order valence-corrected chi connectivity index (χ2v) is 7.95. The van der Waals surface area contributed by atoms with Gasteiger partial charge in [-0.3, -0.25) is 14.5 Å². The molecule has 6 heteroatoms. The average molecular weight is 400 g/mol. The SMILES string of the molecule is CCN(CC)C(=O)CN1CCCN(C(=O)Cc2coc3cc(C)c(C)cc23)CC1. The molecule has 158 valence electrons. The number of carbonyl (C=O) groups excluding carboxylic acids is 2. The van der Waals surface area contributed by atoms with Gasteiger partial charge in [0.25, 0.3) is 0 Å². The van der Waals surface area contributed by atoms with E-state index < -0.39 is 0 Å². The minimum atomic E-state index is 0.128. The molecule has 0 unspecified atom stereocenters. The van der Waals surface area contributed by atoms with Crippen molar-refractivity contribution in [3.63, 3.8) is 0 Å². The van der Waals surface area contributed by atoms with E-state index in [0.29, 0.717) is 19.5 Å². The summed E-state index contributed by atoms with van der Waals surface area (Å²) >= 11 is 0. The highest BCUT2D eigenvalue weighted by atomic mass is 16.3. The van der Waals surface area contributed by atoms with Crippen LogP contribution in [0.4, 0.5) is 0 Å². The van der Waals surface area contributed by atoms with Crippen molar-refractivity contribution in [3.05, 3.63) is 35.1 Å². The number of aryl methyl sites for hydroxylation is 2. The third-order valence-electron chi connectivity index (χ3n) is 6.03. The summed E-state index contributed by atoms with van der Waals surface area (Å²) < 4.78 is 5.68. The van der Waals surface area contributed by atoms with E-state index in [-0.39, 0.29) is 11.8 Å². The first-order valence-corrected chi connectivity index (χ1v) is 10.7. The van der Waals surface area contributed by atoms with Crippen LogP contribution >= 0.6 is 0 Å². The second kappa shape index (κ2) is 9.44. The van der Waals surface area contributed by atoms with E-state index in [1.807, 2.05) is 29.7 Å². The molecule has 0 saturated carbocycles. The van der Waals surface area contributed by atoms with Crippen molar-refractivity contribution in [2.45, 2.75) is 40.5 Å². The molecule has 0 atom stereocenters. The van der Waals surface area contributed by atoms with Crippen LogP contribution in [0.5, 0.6) is 0 Å². The zero-order valence-electron chi connectivity index (χ0n) is 18.2. The Morgan fingerprint density at radius 1 is 1.03 bits per heavy atom. The summed E-state index contributed by atoms with van der Waals surface area (Å²) in [6, 6.07) is 4.15. The third kappa shape index (κ3) is 4.99. The largest absolute Gasteiger partial charge is 0.464 e. The predicted octanol–water partition coefficient (Wildman–Crippen LogP) is 2.99. The lowest BCUT2D eigenvalue weighted by Crippen LogP contribution is -2.42. The van der Waals surface area contributed by atoms with Gasteiger partial charge in [0.2, 0.25) is 11.8 Å². The Kier molecular flexibility index (Phi) is 6.96. The minimum absolute atomic E-state index is 0.128. The van der Waals surface area contributed by atoms with E-state index in [9.17, 15) is 9.59 Å². The van der Waals surface area contributed by atoms with E-state index >= 15 is 0 Å². The summed E-state index contributed by atoms with van der Waals surface area (Å²) in [4.78, 5) is 31.3. The molecule has 3 rings (SSSR count). The van der Waals surface area contributed by atoms with Crippen LogP contribution in [-0.2, 0) is 16.0 Å². The van der Waals surface area contributed by atoms with Crippen LogP contribution < -0.4 is 0 Å². The highest BCUT2D eigenvalue weighted by Crippen LogP contribution is 2.25. The van der Waals surface area contributed by atoms with Gasteiger partial charge in [-0.2, -0.15) is 0 Å². The Hall–Kier alpha value is -2.34. The molecule has 1 aromatic heterocycles. The van der Waals surface area contributed by atoms with Crippen molar-refractivity contribution in [2.75, 3.05) is 45.8 Å². The number of nitrogens with zero attached hydrogens (tertiary/aromatic N) is 3. The fraction of sp³-hybridized carbons (Fsp3) is 0.565. The maximum absolute atomic E-state index is 12.9. The maximum Gasteiger partial charge on any atom is 0.236 e.